The van der Waals surface area contributed by atoms with E-state index in [1.54, 1.807) is 0 Å². The number of hydrogen-bond acceptors (Lipinski definition) is 2. The van der Waals surface area contributed by atoms with Crippen LogP contribution in [0.1, 0.15) is 37.0 Å². The first-order valence-corrected chi connectivity index (χ1v) is 5.65. The maximum absolute atomic E-state index is 12.2. The van der Waals surface area contributed by atoms with E-state index in [0.717, 1.165) is 11.3 Å². The van der Waals surface area contributed by atoms with E-state index in [9.17, 15) is 4.79 Å². The van der Waals surface area contributed by atoms with Gasteiger partial charge in [-0.05, 0) is 39.8 Å². The summed E-state index contributed by atoms with van der Waals surface area (Å²) in [4.78, 5) is 16.6. The Labute approximate surface area is 101 Å². The van der Waals surface area contributed by atoms with Crippen molar-refractivity contribution in [3.8, 4) is 0 Å². The average molecular weight is 231 g/mol. The molecule has 0 atom stereocenters. The summed E-state index contributed by atoms with van der Waals surface area (Å²) in [5.41, 5.74) is 1.90. The Kier molecular flexibility index (Phi) is 2.65. The molecular weight excluding hydrogens is 214 g/mol. The van der Waals surface area contributed by atoms with Gasteiger partial charge in [0.05, 0.1) is 5.69 Å². The minimum Gasteiger partial charge on any atom is -0.346 e. The first kappa shape index (κ1) is 11.6. The quantitative estimate of drug-likeness (QED) is 0.817. The SMILES string of the molecule is Cc1nc2ccccn2c1C(=O)NC(C)(C)C. The Morgan fingerprint density at radius 2 is 2.06 bits per heavy atom. The molecule has 0 saturated carbocycles. The van der Waals surface area contributed by atoms with Gasteiger partial charge in [-0.25, -0.2) is 4.98 Å². The molecule has 2 aromatic rings. The Balaban J connectivity index is 2.48. The lowest BCUT2D eigenvalue weighted by Crippen LogP contribution is -2.41. The number of pyridine rings is 1. The van der Waals surface area contributed by atoms with Gasteiger partial charge in [0, 0.05) is 11.7 Å². The van der Waals surface area contributed by atoms with Crippen LogP contribution in [0.2, 0.25) is 0 Å². The van der Waals surface area contributed by atoms with Gasteiger partial charge in [0.25, 0.3) is 5.91 Å². The lowest BCUT2D eigenvalue weighted by atomic mass is 10.1. The summed E-state index contributed by atoms with van der Waals surface area (Å²) in [5, 5.41) is 2.95. The molecule has 2 heterocycles. The van der Waals surface area contributed by atoms with Crippen molar-refractivity contribution in [3.05, 3.63) is 35.8 Å². The van der Waals surface area contributed by atoms with E-state index in [4.69, 9.17) is 0 Å². The number of carbonyl (C=O) groups excluding carboxylic acids is 1. The molecule has 2 aromatic heterocycles. The Hall–Kier alpha value is -1.84. The van der Waals surface area contributed by atoms with Crippen LogP contribution in [0, 0.1) is 6.92 Å². The van der Waals surface area contributed by atoms with Crippen LogP contribution in [0.3, 0.4) is 0 Å². The zero-order valence-electron chi connectivity index (χ0n) is 10.6. The second-order valence-electron chi connectivity index (χ2n) is 5.18. The van der Waals surface area contributed by atoms with Crippen LogP contribution in [0.25, 0.3) is 5.65 Å². The predicted octanol–water partition coefficient (Wildman–Crippen LogP) is 2.17. The zero-order valence-corrected chi connectivity index (χ0v) is 10.6. The van der Waals surface area contributed by atoms with E-state index in [1.165, 1.54) is 0 Å². The topological polar surface area (TPSA) is 46.4 Å². The van der Waals surface area contributed by atoms with Crippen molar-refractivity contribution >= 4 is 11.6 Å². The monoisotopic (exact) mass is 231 g/mol. The highest BCUT2D eigenvalue weighted by Crippen LogP contribution is 2.12. The van der Waals surface area contributed by atoms with Gasteiger partial charge in [-0.1, -0.05) is 6.07 Å². The summed E-state index contributed by atoms with van der Waals surface area (Å²) in [6.45, 7) is 7.74. The summed E-state index contributed by atoms with van der Waals surface area (Å²) in [5.74, 6) is -0.0892. The summed E-state index contributed by atoms with van der Waals surface area (Å²) >= 11 is 0. The van der Waals surface area contributed by atoms with Gasteiger partial charge in [0.15, 0.2) is 0 Å². The third-order valence-electron chi connectivity index (χ3n) is 2.41. The number of carbonyl (C=O) groups is 1. The predicted molar refractivity (Wildman–Crippen MR) is 67.1 cm³/mol. The van der Waals surface area contributed by atoms with E-state index in [0.29, 0.717) is 5.69 Å². The van der Waals surface area contributed by atoms with Gasteiger partial charge in [-0.2, -0.15) is 0 Å². The molecular formula is C13H17N3O. The molecule has 0 aliphatic rings. The fourth-order valence-electron chi connectivity index (χ4n) is 1.79. The molecule has 90 valence electrons. The Morgan fingerprint density at radius 1 is 1.35 bits per heavy atom. The van der Waals surface area contributed by atoms with E-state index in [1.807, 2.05) is 56.5 Å². The lowest BCUT2D eigenvalue weighted by Gasteiger charge is -2.20. The van der Waals surface area contributed by atoms with Crippen LogP contribution in [-0.2, 0) is 0 Å². The number of imidazole rings is 1. The van der Waals surface area contributed by atoms with Crippen LogP contribution >= 0.6 is 0 Å². The summed E-state index contributed by atoms with van der Waals surface area (Å²) in [6, 6.07) is 5.69. The highest BCUT2D eigenvalue weighted by Gasteiger charge is 2.20. The normalized spacial score (nSPS) is 11.8. The number of nitrogens with one attached hydrogen (secondary N) is 1. The number of rotatable bonds is 1. The largest absolute Gasteiger partial charge is 0.346 e. The third kappa shape index (κ3) is 2.30. The van der Waals surface area contributed by atoms with E-state index >= 15 is 0 Å². The van der Waals surface area contributed by atoms with Gasteiger partial charge in [0.2, 0.25) is 0 Å². The van der Waals surface area contributed by atoms with Crippen molar-refractivity contribution in [3.63, 3.8) is 0 Å². The molecule has 0 radical (unpaired) electrons. The van der Waals surface area contributed by atoms with Gasteiger partial charge < -0.3 is 5.32 Å². The number of aromatic nitrogens is 2. The molecule has 0 fully saturated rings. The Bertz CT molecular complexity index is 564. The molecule has 0 unspecified atom stereocenters. The first-order valence-electron chi connectivity index (χ1n) is 5.65. The molecule has 0 aromatic carbocycles. The molecule has 2 rings (SSSR count). The van der Waals surface area contributed by atoms with Crippen LogP contribution in [0.15, 0.2) is 24.4 Å². The minimum atomic E-state index is -0.248. The molecule has 1 N–H and O–H groups in total. The highest BCUT2D eigenvalue weighted by atomic mass is 16.2. The number of hydrogen-bond donors (Lipinski definition) is 1. The molecule has 0 saturated heterocycles. The molecule has 4 heteroatoms. The molecule has 0 aliphatic heterocycles. The lowest BCUT2D eigenvalue weighted by molar-refractivity contribution is 0.0913. The smallest absolute Gasteiger partial charge is 0.270 e. The van der Waals surface area contributed by atoms with Crippen molar-refractivity contribution in [1.82, 2.24) is 14.7 Å². The van der Waals surface area contributed by atoms with Gasteiger partial charge in [-0.15, -0.1) is 0 Å². The van der Waals surface area contributed by atoms with E-state index < -0.39 is 0 Å². The molecule has 17 heavy (non-hydrogen) atoms. The van der Waals surface area contributed by atoms with E-state index in [2.05, 4.69) is 10.3 Å². The fraction of sp³-hybridized carbons (Fsp3) is 0.385. The van der Waals surface area contributed by atoms with Crippen molar-refractivity contribution in [2.45, 2.75) is 33.2 Å². The van der Waals surface area contributed by atoms with Crippen LogP contribution in [-0.4, -0.2) is 20.8 Å². The third-order valence-corrected chi connectivity index (χ3v) is 2.41. The molecule has 4 nitrogen and oxygen atoms in total. The fourth-order valence-corrected chi connectivity index (χ4v) is 1.79. The number of nitrogens with zero attached hydrogens (tertiary/aromatic N) is 2. The van der Waals surface area contributed by atoms with Gasteiger partial charge >= 0.3 is 0 Å². The average Bonchev–Trinajstić information content (AvgIpc) is 2.50. The molecule has 0 spiro atoms. The molecule has 0 aliphatic carbocycles. The van der Waals surface area contributed by atoms with Crippen LogP contribution in [0.5, 0.6) is 0 Å². The summed E-state index contributed by atoms with van der Waals surface area (Å²) in [7, 11) is 0. The molecule has 1 amide bonds. The number of amides is 1. The zero-order chi connectivity index (χ0) is 12.6. The van der Waals surface area contributed by atoms with Crippen molar-refractivity contribution in [2.75, 3.05) is 0 Å². The summed E-state index contributed by atoms with van der Waals surface area (Å²) < 4.78 is 1.82. The second kappa shape index (κ2) is 3.87. The van der Waals surface area contributed by atoms with Crippen molar-refractivity contribution in [2.24, 2.45) is 0 Å². The first-order chi connectivity index (χ1) is 7.88. The van der Waals surface area contributed by atoms with Crippen LogP contribution < -0.4 is 5.32 Å². The standard InChI is InChI=1S/C13H17N3O/c1-9-11(12(17)15-13(2,3)4)16-8-6-5-7-10(16)14-9/h5-8H,1-4H3,(H,15,17). The second-order valence-corrected chi connectivity index (χ2v) is 5.18. The van der Waals surface area contributed by atoms with Crippen LogP contribution in [0.4, 0.5) is 0 Å². The van der Waals surface area contributed by atoms with Gasteiger partial charge in [-0.3, -0.25) is 9.20 Å². The summed E-state index contributed by atoms with van der Waals surface area (Å²) in [6.07, 6.45) is 1.85. The maximum atomic E-state index is 12.2. The van der Waals surface area contributed by atoms with E-state index in [-0.39, 0.29) is 11.4 Å². The minimum absolute atomic E-state index is 0.0892. The number of aryl methyl sites for hydroxylation is 1. The highest BCUT2D eigenvalue weighted by molar-refractivity contribution is 5.95. The van der Waals surface area contributed by atoms with Crippen molar-refractivity contribution in [1.29, 1.82) is 0 Å². The van der Waals surface area contributed by atoms with Gasteiger partial charge in [0.1, 0.15) is 11.3 Å². The maximum Gasteiger partial charge on any atom is 0.270 e. The molecule has 0 bridgehead atoms. The number of fused-ring (bicyclic) bond motifs is 1. The van der Waals surface area contributed by atoms with Crippen molar-refractivity contribution < 1.29 is 4.79 Å². The Morgan fingerprint density at radius 3 is 2.71 bits per heavy atom.